The van der Waals surface area contributed by atoms with E-state index in [9.17, 15) is 4.79 Å². The third-order valence-corrected chi connectivity index (χ3v) is 3.21. The first-order chi connectivity index (χ1) is 9.53. The van der Waals surface area contributed by atoms with E-state index < -0.39 is 0 Å². The van der Waals surface area contributed by atoms with Crippen molar-refractivity contribution in [2.75, 3.05) is 6.54 Å². The summed E-state index contributed by atoms with van der Waals surface area (Å²) in [5.41, 5.74) is 1.73. The molecule has 102 valence electrons. The highest BCUT2D eigenvalue weighted by atomic mass is 16.1. The number of H-pyrrole nitrogens is 1. The second-order valence-corrected chi connectivity index (χ2v) is 5.21. The Kier molecular flexibility index (Phi) is 3.85. The van der Waals surface area contributed by atoms with Gasteiger partial charge in [0.1, 0.15) is 11.8 Å². The van der Waals surface area contributed by atoms with Crippen LogP contribution < -0.4 is 5.32 Å². The van der Waals surface area contributed by atoms with Gasteiger partial charge in [-0.15, -0.1) is 0 Å². The average molecular weight is 268 g/mol. The number of rotatable bonds is 4. The number of carbonyl (C=O) groups excluding carboxylic acids is 1. The van der Waals surface area contributed by atoms with Crippen molar-refractivity contribution in [1.82, 2.24) is 15.3 Å². The summed E-state index contributed by atoms with van der Waals surface area (Å²) in [5, 5.41) is 11.6. The number of amides is 1. The second kappa shape index (κ2) is 5.57. The molecule has 0 unspecified atom stereocenters. The molecule has 1 amide bonds. The maximum Gasteiger partial charge on any atom is 0.252 e. The molecule has 2 aromatic heterocycles. The summed E-state index contributed by atoms with van der Waals surface area (Å²) in [6, 6.07) is 7.05. The molecule has 0 spiro atoms. The summed E-state index contributed by atoms with van der Waals surface area (Å²) in [6.45, 7) is 4.64. The Morgan fingerprint density at radius 2 is 2.25 bits per heavy atom. The van der Waals surface area contributed by atoms with Gasteiger partial charge in [0.25, 0.3) is 5.91 Å². The molecule has 2 heterocycles. The normalized spacial score (nSPS) is 10.8. The van der Waals surface area contributed by atoms with Gasteiger partial charge in [-0.1, -0.05) is 13.8 Å². The zero-order chi connectivity index (χ0) is 14.6. The lowest BCUT2D eigenvalue weighted by molar-refractivity contribution is 0.0945. The van der Waals surface area contributed by atoms with Crippen molar-refractivity contribution in [3.63, 3.8) is 0 Å². The summed E-state index contributed by atoms with van der Waals surface area (Å²) in [4.78, 5) is 18.9. The van der Waals surface area contributed by atoms with Crippen LogP contribution in [0.4, 0.5) is 0 Å². The van der Waals surface area contributed by atoms with Crippen LogP contribution in [0.5, 0.6) is 0 Å². The third kappa shape index (κ3) is 3.04. The fourth-order valence-corrected chi connectivity index (χ4v) is 1.84. The van der Waals surface area contributed by atoms with Gasteiger partial charge >= 0.3 is 0 Å². The van der Waals surface area contributed by atoms with Gasteiger partial charge < -0.3 is 10.3 Å². The van der Waals surface area contributed by atoms with Gasteiger partial charge in [0.2, 0.25) is 0 Å². The zero-order valence-electron chi connectivity index (χ0n) is 11.5. The first-order valence-electron chi connectivity index (χ1n) is 6.30. The van der Waals surface area contributed by atoms with E-state index in [2.05, 4.69) is 29.1 Å². The Balaban J connectivity index is 2.00. The molecule has 0 radical (unpaired) electrons. The van der Waals surface area contributed by atoms with Gasteiger partial charge in [0, 0.05) is 30.6 Å². The monoisotopic (exact) mass is 268 g/mol. The van der Waals surface area contributed by atoms with Crippen molar-refractivity contribution >= 4 is 5.91 Å². The minimum atomic E-state index is -0.189. The van der Waals surface area contributed by atoms with Crippen LogP contribution >= 0.6 is 0 Å². The Morgan fingerprint density at radius 1 is 1.45 bits per heavy atom. The smallest absolute Gasteiger partial charge is 0.252 e. The molecule has 0 aliphatic carbocycles. The Bertz CT molecular complexity index is 621. The highest BCUT2D eigenvalue weighted by Crippen LogP contribution is 2.21. The van der Waals surface area contributed by atoms with E-state index in [4.69, 9.17) is 5.26 Å². The maximum atomic E-state index is 12.0. The number of hydrogen-bond acceptors (Lipinski definition) is 3. The molecule has 0 fully saturated rings. The first-order valence-corrected chi connectivity index (χ1v) is 6.30. The van der Waals surface area contributed by atoms with Crippen LogP contribution in [0.2, 0.25) is 0 Å². The van der Waals surface area contributed by atoms with Gasteiger partial charge in [-0.25, -0.2) is 4.98 Å². The van der Waals surface area contributed by atoms with Gasteiger partial charge in [-0.3, -0.25) is 4.79 Å². The molecule has 0 bridgehead atoms. The van der Waals surface area contributed by atoms with Crippen LogP contribution in [0.15, 0.2) is 36.8 Å². The molecule has 2 aromatic rings. The quantitative estimate of drug-likeness (QED) is 0.889. The number of aromatic nitrogens is 2. The minimum Gasteiger partial charge on any atom is -0.367 e. The number of nitrogens with one attached hydrogen (secondary N) is 2. The predicted molar refractivity (Wildman–Crippen MR) is 75.1 cm³/mol. The molecule has 0 aromatic carbocycles. The van der Waals surface area contributed by atoms with Crippen LogP contribution in [0, 0.1) is 11.3 Å². The van der Waals surface area contributed by atoms with Gasteiger partial charge in [0.05, 0.1) is 5.56 Å². The number of nitriles is 1. The van der Waals surface area contributed by atoms with Gasteiger partial charge in [-0.2, -0.15) is 5.26 Å². The van der Waals surface area contributed by atoms with Gasteiger partial charge in [0.15, 0.2) is 0 Å². The lowest BCUT2D eigenvalue weighted by atomic mass is 9.86. The molecule has 5 nitrogen and oxygen atoms in total. The Hall–Kier alpha value is -2.61. The van der Waals surface area contributed by atoms with E-state index >= 15 is 0 Å². The Morgan fingerprint density at radius 3 is 2.80 bits per heavy atom. The number of pyridine rings is 1. The summed E-state index contributed by atoms with van der Waals surface area (Å²) in [5.74, 6) is -0.189. The fourth-order valence-electron chi connectivity index (χ4n) is 1.84. The van der Waals surface area contributed by atoms with E-state index in [1.807, 2.05) is 24.5 Å². The van der Waals surface area contributed by atoms with Crippen LogP contribution in [0.3, 0.4) is 0 Å². The zero-order valence-corrected chi connectivity index (χ0v) is 11.5. The molecular weight excluding hydrogens is 252 g/mol. The second-order valence-electron chi connectivity index (χ2n) is 5.21. The van der Waals surface area contributed by atoms with Crippen molar-refractivity contribution < 1.29 is 4.79 Å². The van der Waals surface area contributed by atoms with E-state index in [0.29, 0.717) is 17.8 Å². The summed E-state index contributed by atoms with van der Waals surface area (Å²) >= 11 is 0. The molecule has 0 saturated carbocycles. The SMILES string of the molecule is CC(C)(CNC(=O)c1ccc(C#N)nc1)c1cc[nH]c1. The largest absolute Gasteiger partial charge is 0.367 e. The lowest BCUT2D eigenvalue weighted by Gasteiger charge is -2.24. The predicted octanol–water partition coefficient (Wildman–Crippen LogP) is 1.99. The van der Waals surface area contributed by atoms with Crippen LogP contribution in [-0.2, 0) is 5.41 Å². The molecule has 5 heteroatoms. The van der Waals surface area contributed by atoms with Crippen LogP contribution in [-0.4, -0.2) is 22.4 Å². The summed E-state index contributed by atoms with van der Waals surface area (Å²) in [6.07, 6.45) is 5.20. The van der Waals surface area contributed by atoms with Crippen molar-refractivity contribution in [3.8, 4) is 6.07 Å². The molecule has 0 atom stereocenters. The minimum absolute atomic E-state index is 0.157. The van der Waals surface area contributed by atoms with E-state index in [1.165, 1.54) is 12.3 Å². The average Bonchev–Trinajstić information content (AvgIpc) is 3.00. The fraction of sp³-hybridized carbons (Fsp3) is 0.267. The third-order valence-electron chi connectivity index (χ3n) is 3.21. The van der Waals surface area contributed by atoms with Crippen molar-refractivity contribution in [2.45, 2.75) is 19.3 Å². The van der Waals surface area contributed by atoms with E-state index in [0.717, 1.165) is 5.56 Å². The number of hydrogen-bond donors (Lipinski definition) is 2. The topological polar surface area (TPSA) is 81.6 Å². The molecule has 0 aliphatic heterocycles. The standard InChI is InChI=1S/C15H16N4O/c1-15(2,12-5-6-17-9-12)10-19-14(20)11-3-4-13(7-16)18-8-11/h3-6,8-9,17H,10H2,1-2H3,(H,19,20). The van der Waals surface area contributed by atoms with Crippen LogP contribution in [0.1, 0.15) is 35.5 Å². The highest BCUT2D eigenvalue weighted by molar-refractivity contribution is 5.93. The molecule has 0 aliphatic rings. The molecule has 20 heavy (non-hydrogen) atoms. The molecule has 2 N–H and O–H groups in total. The van der Waals surface area contributed by atoms with Crippen LogP contribution in [0.25, 0.3) is 0 Å². The molecular formula is C15H16N4O. The molecule has 2 rings (SSSR count). The lowest BCUT2D eigenvalue weighted by Crippen LogP contribution is -2.36. The van der Waals surface area contributed by atoms with Crippen molar-refractivity contribution in [1.29, 1.82) is 5.26 Å². The maximum absolute atomic E-state index is 12.0. The summed E-state index contributed by atoms with van der Waals surface area (Å²) < 4.78 is 0. The van der Waals surface area contributed by atoms with E-state index in [1.54, 1.807) is 6.07 Å². The summed E-state index contributed by atoms with van der Waals surface area (Å²) in [7, 11) is 0. The molecule has 0 saturated heterocycles. The van der Waals surface area contributed by atoms with Crippen molar-refractivity contribution in [2.24, 2.45) is 0 Å². The van der Waals surface area contributed by atoms with Crippen molar-refractivity contribution in [3.05, 3.63) is 53.6 Å². The number of carbonyl (C=O) groups is 1. The Labute approximate surface area is 117 Å². The number of aromatic amines is 1. The first kappa shape index (κ1) is 13.8. The van der Waals surface area contributed by atoms with E-state index in [-0.39, 0.29) is 11.3 Å². The highest BCUT2D eigenvalue weighted by Gasteiger charge is 2.22. The number of nitrogens with zero attached hydrogens (tertiary/aromatic N) is 2. The van der Waals surface area contributed by atoms with Gasteiger partial charge in [-0.05, 0) is 23.8 Å².